The molecule has 0 bridgehead atoms. The first-order valence-corrected chi connectivity index (χ1v) is 8.81. The zero-order valence-electron chi connectivity index (χ0n) is 12.5. The summed E-state index contributed by atoms with van der Waals surface area (Å²) in [6.45, 7) is 0.416. The predicted molar refractivity (Wildman–Crippen MR) is 84.9 cm³/mol. The monoisotopic (exact) mass is 363 g/mol. The second-order valence-corrected chi connectivity index (χ2v) is 7.53. The fraction of sp³-hybridized carbons (Fsp3) is 0.538. The van der Waals surface area contributed by atoms with Crippen molar-refractivity contribution in [1.82, 2.24) is 4.31 Å². The standard InChI is InChI=1S/C13H18ClN3O5S/c1-22-11-4-5-16(10(6-11)8-15)23(20,21)13-3-2-9(17(18)19)7-12(13)14/h2-3,7,10-11H,4-6,8,15H2,1H3. The van der Waals surface area contributed by atoms with E-state index < -0.39 is 21.0 Å². The Morgan fingerprint density at radius 2 is 2.22 bits per heavy atom. The van der Waals surface area contributed by atoms with Crippen molar-refractivity contribution in [1.29, 1.82) is 0 Å². The highest BCUT2D eigenvalue weighted by Gasteiger charge is 2.37. The maximum Gasteiger partial charge on any atom is 0.271 e. The van der Waals surface area contributed by atoms with Gasteiger partial charge in [-0.1, -0.05) is 11.6 Å². The molecule has 2 N–H and O–H groups in total. The van der Waals surface area contributed by atoms with E-state index in [1.165, 1.54) is 4.31 Å². The number of hydrogen-bond acceptors (Lipinski definition) is 6. The Morgan fingerprint density at radius 3 is 2.74 bits per heavy atom. The average molecular weight is 364 g/mol. The SMILES string of the molecule is COC1CCN(S(=O)(=O)c2ccc([N+](=O)[O-])cc2Cl)C(CN)C1. The van der Waals surface area contributed by atoms with Crippen molar-refractivity contribution in [3.05, 3.63) is 33.3 Å². The second-order valence-electron chi connectivity index (χ2n) is 5.26. The van der Waals surface area contributed by atoms with Gasteiger partial charge in [-0.15, -0.1) is 0 Å². The van der Waals surface area contributed by atoms with Crippen molar-refractivity contribution in [2.24, 2.45) is 5.73 Å². The number of nitro benzene ring substituents is 1. The van der Waals surface area contributed by atoms with Crippen LogP contribution in [0.25, 0.3) is 0 Å². The van der Waals surface area contributed by atoms with Crippen LogP contribution in [0.15, 0.2) is 23.1 Å². The maximum absolute atomic E-state index is 12.8. The minimum Gasteiger partial charge on any atom is -0.381 e. The van der Waals surface area contributed by atoms with Crippen LogP contribution in [0.5, 0.6) is 0 Å². The molecule has 0 spiro atoms. The van der Waals surface area contributed by atoms with Gasteiger partial charge < -0.3 is 10.5 Å². The van der Waals surface area contributed by atoms with Gasteiger partial charge in [0, 0.05) is 38.4 Å². The number of hydrogen-bond donors (Lipinski definition) is 1. The van der Waals surface area contributed by atoms with Crippen LogP contribution in [0.2, 0.25) is 5.02 Å². The van der Waals surface area contributed by atoms with E-state index >= 15 is 0 Å². The Morgan fingerprint density at radius 1 is 1.52 bits per heavy atom. The molecular formula is C13H18ClN3O5S. The largest absolute Gasteiger partial charge is 0.381 e. The first-order chi connectivity index (χ1) is 10.8. The van der Waals surface area contributed by atoms with Crippen LogP contribution in [-0.2, 0) is 14.8 Å². The molecule has 0 radical (unpaired) electrons. The van der Waals surface area contributed by atoms with Crippen molar-refractivity contribution in [3.8, 4) is 0 Å². The van der Waals surface area contributed by atoms with E-state index in [2.05, 4.69) is 0 Å². The topological polar surface area (TPSA) is 116 Å². The lowest BCUT2D eigenvalue weighted by molar-refractivity contribution is -0.384. The maximum atomic E-state index is 12.8. The molecule has 10 heteroatoms. The fourth-order valence-corrected chi connectivity index (χ4v) is 4.85. The summed E-state index contributed by atoms with van der Waals surface area (Å²) in [4.78, 5) is 9.96. The zero-order valence-corrected chi connectivity index (χ0v) is 14.1. The molecule has 0 aliphatic carbocycles. The average Bonchev–Trinajstić information content (AvgIpc) is 2.53. The fourth-order valence-electron chi connectivity index (χ4n) is 2.68. The number of rotatable bonds is 5. The van der Waals surface area contributed by atoms with Crippen LogP contribution in [0.3, 0.4) is 0 Å². The summed E-state index contributed by atoms with van der Waals surface area (Å²) in [6.07, 6.45) is 1.01. The molecule has 23 heavy (non-hydrogen) atoms. The lowest BCUT2D eigenvalue weighted by Crippen LogP contribution is -2.51. The van der Waals surface area contributed by atoms with Gasteiger partial charge in [0.1, 0.15) is 4.90 Å². The van der Waals surface area contributed by atoms with Gasteiger partial charge in [0.25, 0.3) is 5.69 Å². The summed E-state index contributed by atoms with van der Waals surface area (Å²) in [7, 11) is -2.31. The van der Waals surface area contributed by atoms with Crippen LogP contribution in [0.4, 0.5) is 5.69 Å². The number of methoxy groups -OCH3 is 1. The summed E-state index contributed by atoms with van der Waals surface area (Å²) in [5.74, 6) is 0. The highest BCUT2D eigenvalue weighted by Crippen LogP contribution is 2.32. The number of nitrogens with zero attached hydrogens (tertiary/aromatic N) is 2. The number of benzene rings is 1. The summed E-state index contributed by atoms with van der Waals surface area (Å²) in [5.41, 5.74) is 5.44. The molecule has 1 fully saturated rings. The summed E-state index contributed by atoms with van der Waals surface area (Å²) in [6, 6.07) is 2.92. The molecule has 128 valence electrons. The Kier molecular flexibility index (Phi) is 5.58. The number of sulfonamides is 1. The summed E-state index contributed by atoms with van der Waals surface area (Å²) < 4.78 is 32.2. The van der Waals surface area contributed by atoms with E-state index in [0.717, 1.165) is 18.2 Å². The number of nitro groups is 1. The second kappa shape index (κ2) is 7.10. The molecule has 1 aliphatic heterocycles. The Hall–Kier alpha value is -1.26. The number of halogens is 1. The number of nitrogens with two attached hydrogens (primary N) is 1. The quantitative estimate of drug-likeness (QED) is 0.624. The van der Waals surface area contributed by atoms with Crippen LogP contribution in [0.1, 0.15) is 12.8 Å². The highest BCUT2D eigenvalue weighted by molar-refractivity contribution is 7.89. The zero-order chi connectivity index (χ0) is 17.2. The summed E-state index contributed by atoms with van der Waals surface area (Å²) >= 11 is 5.96. The third kappa shape index (κ3) is 3.64. The van der Waals surface area contributed by atoms with E-state index in [0.29, 0.717) is 12.8 Å². The number of piperidine rings is 1. The molecular weight excluding hydrogens is 346 g/mol. The van der Waals surface area contributed by atoms with Crippen molar-refractivity contribution < 1.29 is 18.1 Å². The van der Waals surface area contributed by atoms with Crippen LogP contribution >= 0.6 is 11.6 Å². The van der Waals surface area contributed by atoms with Gasteiger partial charge in [0.15, 0.2) is 0 Å². The van der Waals surface area contributed by atoms with Crippen LogP contribution in [-0.4, -0.2) is 50.0 Å². The van der Waals surface area contributed by atoms with Gasteiger partial charge in [-0.3, -0.25) is 10.1 Å². The molecule has 0 aromatic heterocycles. The molecule has 1 aliphatic rings. The van der Waals surface area contributed by atoms with Gasteiger partial charge in [-0.05, 0) is 18.9 Å². The van der Waals surface area contributed by atoms with E-state index in [4.69, 9.17) is 22.1 Å². The molecule has 1 aromatic rings. The van der Waals surface area contributed by atoms with Crippen molar-refractivity contribution in [3.63, 3.8) is 0 Å². The van der Waals surface area contributed by atoms with Crippen molar-refractivity contribution in [2.75, 3.05) is 20.2 Å². The minimum absolute atomic E-state index is 0.0395. The first kappa shape index (κ1) is 18.1. The van der Waals surface area contributed by atoms with E-state index in [1.54, 1.807) is 7.11 Å². The third-order valence-corrected chi connectivity index (χ3v) is 6.37. The molecule has 1 saturated heterocycles. The molecule has 1 heterocycles. The smallest absolute Gasteiger partial charge is 0.271 e. The minimum atomic E-state index is -3.88. The van der Waals surface area contributed by atoms with Gasteiger partial charge in [0.05, 0.1) is 16.0 Å². The third-order valence-electron chi connectivity index (χ3n) is 3.93. The van der Waals surface area contributed by atoms with Gasteiger partial charge in [-0.25, -0.2) is 8.42 Å². The van der Waals surface area contributed by atoms with Gasteiger partial charge in [0.2, 0.25) is 10.0 Å². The van der Waals surface area contributed by atoms with Crippen molar-refractivity contribution in [2.45, 2.75) is 29.9 Å². The van der Waals surface area contributed by atoms with E-state index in [9.17, 15) is 18.5 Å². The predicted octanol–water partition coefficient (Wildman–Crippen LogP) is 1.38. The molecule has 0 saturated carbocycles. The van der Waals surface area contributed by atoms with Crippen LogP contribution in [0, 0.1) is 10.1 Å². The Labute approximate surface area is 139 Å². The van der Waals surface area contributed by atoms with Crippen LogP contribution < -0.4 is 5.73 Å². The van der Waals surface area contributed by atoms with Crippen molar-refractivity contribution >= 4 is 27.3 Å². The normalized spacial score (nSPS) is 22.9. The number of non-ortho nitro benzene ring substituents is 1. The molecule has 2 rings (SSSR count). The summed E-state index contributed by atoms with van der Waals surface area (Å²) in [5, 5.41) is 10.6. The first-order valence-electron chi connectivity index (χ1n) is 7.00. The molecule has 8 nitrogen and oxygen atoms in total. The van der Waals surface area contributed by atoms with Gasteiger partial charge in [-0.2, -0.15) is 4.31 Å². The number of ether oxygens (including phenoxy) is 1. The lowest BCUT2D eigenvalue weighted by atomic mass is 10.0. The van der Waals surface area contributed by atoms with Gasteiger partial charge >= 0.3 is 0 Å². The molecule has 0 amide bonds. The van der Waals surface area contributed by atoms with E-state index in [-0.39, 0.29) is 34.8 Å². The lowest BCUT2D eigenvalue weighted by Gasteiger charge is -2.37. The molecule has 1 aromatic carbocycles. The van der Waals surface area contributed by atoms with E-state index in [1.807, 2.05) is 0 Å². The molecule has 2 unspecified atom stereocenters. The highest BCUT2D eigenvalue weighted by atomic mass is 35.5. The Balaban J connectivity index is 2.36. The molecule has 2 atom stereocenters. The Bertz CT molecular complexity index is 697.